The van der Waals surface area contributed by atoms with Crippen molar-refractivity contribution >= 4 is 23.3 Å². The smallest absolute Gasteiger partial charge is 0.319 e. The van der Waals surface area contributed by atoms with Crippen LogP contribution < -0.4 is 10.6 Å². The number of carbonyl (C=O) groups excluding carboxylic acids is 1. The largest absolute Gasteiger partial charge is 0.391 e. The number of pyridine rings is 1. The van der Waals surface area contributed by atoms with Gasteiger partial charge in [0.05, 0.1) is 17.8 Å². The highest BCUT2D eigenvalue weighted by Gasteiger charge is 2.24. The van der Waals surface area contributed by atoms with E-state index in [0.717, 1.165) is 36.9 Å². The maximum atomic E-state index is 12.0. The van der Waals surface area contributed by atoms with Crippen LogP contribution in [0.3, 0.4) is 0 Å². The van der Waals surface area contributed by atoms with E-state index in [-0.39, 0.29) is 17.2 Å². The van der Waals surface area contributed by atoms with Gasteiger partial charge in [-0.1, -0.05) is 24.4 Å². The number of rotatable bonds is 2. The summed E-state index contributed by atoms with van der Waals surface area (Å²) in [5, 5.41) is 15.6. The number of aliphatic hydroxyl groups excluding tert-OH is 1. The SMILES string of the molecule is Cc1cc(C)c(NC(=O)NC2CCCCC2O)c(Cl)n1. The van der Waals surface area contributed by atoms with Crippen LogP contribution in [-0.2, 0) is 0 Å². The molecule has 1 aliphatic carbocycles. The zero-order valence-electron chi connectivity index (χ0n) is 11.7. The molecule has 0 radical (unpaired) electrons. The molecule has 110 valence electrons. The fourth-order valence-corrected chi connectivity index (χ4v) is 2.87. The number of nitrogens with one attached hydrogen (secondary N) is 2. The molecule has 2 atom stereocenters. The Kier molecular flexibility index (Phi) is 4.83. The minimum Gasteiger partial charge on any atom is -0.391 e. The van der Waals surface area contributed by atoms with Crippen molar-refractivity contribution in [2.24, 2.45) is 0 Å². The molecule has 1 aliphatic rings. The first-order valence-electron chi connectivity index (χ1n) is 6.86. The number of hydrogen-bond donors (Lipinski definition) is 3. The molecule has 1 heterocycles. The molecular formula is C14H20ClN3O2. The summed E-state index contributed by atoms with van der Waals surface area (Å²) in [4.78, 5) is 16.1. The third-order valence-corrected chi connectivity index (χ3v) is 3.86. The molecule has 1 aromatic rings. The van der Waals surface area contributed by atoms with E-state index in [9.17, 15) is 9.90 Å². The van der Waals surface area contributed by atoms with E-state index in [1.54, 1.807) is 0 Å². The van der Waals surface area contributed by atoms with Crippen molar-refractivity contribution in [1.82, 2.24) is 10.3 Å². The van der Waals surface area contributed by atoms with Gasteiger partial charge in [-0.15, -0.1) is 0 Å². The van der Waals surface area contributed by atoms with Crippen LogP contribution in [0.2, 0.25) is 5.15 Å². The molecule has 1 fully saturated rings. The van der Waals surface area contributed by atoms with E-state index in [1.165, 1.54) is 0 Å². The van der Waals surface area contributed by atoms with Crippen LogP contribution in [-0.4, -0.2) is 28.3 Å². The third kappa shape index (κ3) is 3.61. The molecule has 2 rings (SSSR count). The van der Waals surface area contributed by atoms with E-state index >= 15 is 0 Å². The van der Waals surface area contributed by atoms with Gasteiger partial charge in [0.1, 0.15) is 0 Å². The van der Waals surface area contributed by atoms with Gasteiger partial charge in [-0.3, -0.25) is 0 Å². The first kappa shape index (κ1) is 15.1. The summed E-state index contributed by atoms with van der Waals surface area (Å²) in [6.45, 7) is 3.72. The van der Waals surface area contributed by atoms with Crippen LogP contribution in [0.25, 0.3) is 0 Å². The highest BCUT2D eigenvalue weighted by molar-refractivity contribution is 6.32. The van der Waals surface area contributed by atoms with Crippen LogP contribution in [0, 0.1) is 13.8 Å². The van der Waals surface area contributed by atoms with Gasteiger partial charge >= 0.3 is 6.03 Å². The second-order valence-electron chi connectivity index (χ2n) is 5.30. The van der Waals surface area contributed by atoms with Crippen LogP contribution in [0.4, 0.5) is 10.5 Å². The average Bonchev–Trinajstić information content (AvgIpc) is 2.36. The highest BCUT2D eigenvalue weighted by atomic mass is 35.5. The minimum atomic E-state index is -0.470. The molecule has 2 unspecified atom stereocenters. The molecule has 0 bridgehead atoms. The van der Waals surface area contributed by atoms with Crippen LogP contribution >= 0.6 is 11.6 Å². The first-order valence-corrected chi connectivity index (χ1v) is 7.24. The lowest BCUT2D eigenvalue weighted by Crippen LogP contribution is -2.46. The molecule has 3 N–H and O–H groups in total. The fourth-order valence-electron chi connectivity index (χ4n) is 2.54. The molecule has 20 heavy (non-hydrogen) atoms. The Bertz CT molecular complexity index is 484. The van der Waals surface area contributed by atoms with Gasteiger partial charge in [0, 0.05) is 5.69 Å². The average molecular weight is 298 g/mol. The van der Waals surface area contributed by atoms with Crippen molar-refractivity contribution in [2.75, 3.05) is 5.32 Å². The van der Waals surface area contributed by atoms with Gasteiger partial charge in [0.2, 0.25) is 0 Å². The van der Waals surface area contributed by atoms with Crippen molar-refractivity contribution in [3.63, 3.8) is 0 Å². The maximum absolute atomic E-state index is 12.0. The summed E-state index contributed by atoms with van der Waals surface area (Å²) >= 11 is 6.05. The number of urea groups is 1. The van der Waals surface area contributed by atoms with Crippen molar-refractivity contribution in [3.8, 4) is 0 Å². The maximum Gasteiger partial charge on any atom is 0.319 e. The summed E-state index contributed by atoms with van der Waals surface area (Å²) in [5.41, 5.74) is 2.18. The summed E-state index contributed by atoms with van der Waals surface area (Å²) in [7, 11) is 0. The number of anilines is 1. The number of aliphatic hydroxyl groups is 1. The fraction of sp³-hybridized carbons (Fsp3) is 0.571. The Balaban J connectivity index is 2.01. The molecule has 1 aromatic heterocycles. The lowest BCUT2D eigenvalue weighted by Gasteiger charge is -2.28. The van der Waals surface area contributed by atoms with Gasteiger partial charge in [-0.2, -0.15) is 0 Å². The molecule has 1 saturated carbocycles. The summed E-state index contributed by atoms with van der Waals surface area (Å²) in [6.07, 6.45) is 3.09. The van der Waals surface area contributed by atoms with E-state index in [1.807, 2.05) is 19.9 Å². The zero-order chi connectivity index (χ0) is 14.7. The monoisotopic (exact) mass is 297 g/mol. The van der Waals surface area contributed by atoms with Gasteiger partial charge in [0.15, 0.2) is 5.15 Å². The Morgan fingerprint density at radius 1 is 1.40 bits per heavy atom. The zero-order valence-corrected chi connectivity index (χ0v) is 12.5. The Labute approximate surface area is 123 Å². The Hall–Kier alpha value is -1.33. The van der Waals surface area contributed by atoms with Crippen molar-refractivity contribution in [1.29, 1.82) is 0 Å². The standard InChI is InChI=1S/C14H20ClN3O2/c1-8-7-9(2)16-13(15)12(8)18-14(20)17-10-5-3-4-6-11(10)19/h7,10-11,19H,3-6H2,1-2H3,(H2,17,18,20). The van der Waals surface area contributed by atoms with Crippen molar-refractivity contribution in [3.05, 3.63) is 22.5 Å². The number of halogens is 1. The Morgan fingerprint density at radius 3 is 2.75 bits per heavy atom. The molecule has 0 aliphatic heterocycles. The number of aryl methyl sites for hydroxylation is 2. The molecular weight excluding hydrogens is 278 g/mol. The van der Waals surface area contributed by atoms with Gasteiger partial charge in [-0.25, -0.2) is 9.78 Å². The van der Waals surface area contributed by atoms with E-state index in [4.69, 9.17) is 11.6 Å². The molecule has 0 aromatic carbocycles. The topological polar surface area (TPSA) is 74.2 Å². The predicted octanol–water partition coefficient (Wildman–Crippen LogP) is 2.78. The lowest BCUT2D eigenvalue weighted by atomic mass is 9.93. The summed E-state index contributed by atoms with van der Waals surface area (Å²) < 4.78 is 0. The number of hydrogen-bond acceptors (Lipinski definition) is 3. The van der Waals surface area contributed by atoms with Gasteiger partial charge < -0.3 is 15.7 Å². The van der Waals surface area contributed by atoms with E-state index in [0.29, 0.717) is 5.69 Å². The van der Waals surface area contributed by atoms with Gasteiger partial charge in [-0.05, 0) is 38.3 Å². The molecule has 6 heteroatoms. The molecule has 5 nitrogen and oxygen atoms in total. The predicted molar refractivity (Wildman–Crippen MR) is 79.1 cm³/mol. The van der Waals surface area contributed by atoms with Crippen LogP contribution in [0.15, 0.2) is 6.07 Å². The first-order chi connectivity index (χ1) is 9.47. The molecule has 0 spiro atoms. The number of aromatic nitrogens is 1. The number of amides is 2. The van der Waals surface area contributed by atoms with Crippen LogP contribution in [0.1, 0.15) is 36.9 Å². The lowest BCUT2D eigenvalue weighted by molar-refractivity contribution is 0.0955. The van der Waals surface area contributed by atoms with Crippen LogP contribution in [0.5, 0.6) is 0 Å². The molecule has 0 saturated heterocycles. The van der Waals surface area contributed by atoms with E-state index < -0.39 is 6.10 Å². The second kappa shape index (κ2) is 6.41. The second-order valence-corrected chi connectivity index (χ2v) is 5.66. The Morgan fingerprint density at radius 2 is 2.10 bits per heavy atom. The third-order valence-electron chi connectivity index (χ3n) is 3.59. The normalized spacial score (nSPS) is 22.4. The van der Waals surface area contributed by atoms with Gasteiger partial charge in [0.25, 0.3) is 0 Å². The minimum absolute atomic E-state index is 0.193. The number of carbonyl (C=O) groups is 1. The highest BCUT2D eigenvalue weighted by Crippen LogP contribution is 2.24. The van der Waals surface area contributed by atoms with Crippen molar-refractivity contribution < 1.29 is 9.90 Å². The van der Waals surface area contributed by atoms with E-state index in [2.05, 4.69) is 15.6 Å². The number of nitrogens with zero attached hydrogens (tertiary/aromatic N) is 1. The molecule has 2 amide bonds. The summed E-state index contributed by atoms with van der Waals surface area (Å²) in [5.74, 6) is 0. The van der Waals surface area contributed by atoms with Crippen molar-refractivity contribution in [2.45, 2.75) is 51.7 Å². The quantitative estimate of drug-likeness (QED) is 0.735. The summed E-state index contributed by atoms with van der Waals surface area (Å²) in [6, 6.07) is 1.31.